The van der Waals surface area contributed by atoms with Gasteiger partial charge in [-0.3, -0.25) is 4.72 Å². The number of hydrogen-bond acceptors (Lipinski definition) is 3. The van der Waals surface area contributed by atoms with E-state index in [4.69, 9.17) is 0 Å². The van der Waals surface area contributed by atoms with Crippen LogP contribution in [0.5, 0.6) is 0 Å². The fourth-order valence-corrected chi connectivity index (χ4v) is 1.46. The van der Waals surface area contributed by atoms with E-state index in [1.54, 1.807) is 0 Å². The maximum Gasteiger partial charge on any atom is 0.417 e. The Bertz CT molecular complexity index is 301. The lowest BCUT2D eigenvalue weighted by molar-refractivity contribution is 0.178. The maximum absolute atomic E-state index is 10.7. The van der Waals surface area contributed by atoms with Gasteiger partial charge in [0.05, 0.1) is 7.11 Å². The molecule has 0 unspecified atom stereocenters. The van der Waals surface area contributed by atoms with E-state index in [1.165, 1.54) is 19.1 Å². The third-order valence-electron chi connectivity index (χ3n) is 1.52. The fraction of sp³-hybridized carbons (Fsp3) is 0.222. The second-order valence-corrected chi connectivity index (χ2v) is 3.31. The number of carbonyl (C=O) groups excluding carboxylic acids is 1. The highest BCUT2D eigenvalue weighted by atomic mass is 32.2. The summed E-state index contributed by atoms with van der Waals surface area (Å²) in [6.07, 6.45) is -0.437. The minimum absolute atomic E-state index is 0.437. The molecule has 13 heavy (non-hydrogen) atoms. The second-order valence-electron chi connectivity index (χ2n) is 2.46. The van der Waals surface area contributed by atoms with Crippen molar-refractivity contribution < 1.29 is 9.53 Å². The molecule has 1 amide bonds. The lowest BCUT2D eigenvalue weighted by atomic mass is 10.2. The minimum atomic E-state index is -0.437. The van der Waals surface area contributed by atoms with Crippen LogP contribution in [0.3, 0.4) is 0 Å². The van der Waals surface area contributed by atoms with Gasteiger partial charge >= 0.3 is 6.09 Å². The van der Waals surface area contributed by atoms with E-state index in [-0.39, 0.29) is 0 Å². The van der Waals surface area contributed by atoms with Gasteiger partial charge in [0.1, 0.15) is 0 Å². The first-order valence-corrected chi connectivity index (χ1v) is 4.62. The van der Waals surface area contributed by atoms with Crippen molar-refractivity contribution in [3.63, 3.8) is 0 Å². The van der Waals surface area contributed by atoms with Crippen molar-refractivity contribution in [3.05, 3.63) is 29.8 Å². The summed E-state index contributed by atoms with van der Waals surface area (Å²) in [5.41, 5.74) is 1.13. The monoisotopic (exact) mass is 197 g/mol. The van der Waals surface area contributed by atoms with Gasteiger partial charge in [0, 0.05) is 4.90 Å². The molecule has 1 N–H and O–H groups in total. The highest BCUT2D eigenvalue weighted by Crippen LogP contribution is 2.18. The Labute approximate surface area is 81.6 Å². The number of carbonyl (C=O) groups is 1. The third kappa shape index (κ3) is 2.99. The number of rotatable bonds is 2. The first-order chi connectivity index (χ1) is 6.24. The molecular formula is C9H11NO2S. The highest BCUT2D eigenvalue weighted by Gasteiger charge is 2.01. The topological polar surface area (TPSA) is 38.3 Å². The van der Waals surface area contributed by atoms with Crippen molar-refractivity contribution in [1.82, 2.24) is 4.72 Å². The average Bonchev–Trinajstić information content (AvgIpc) is 2.16. The Kier molecular flexibility index (Phi) is 3.64. The van der Waals surface area contributed by atoms with E-state index < -0.39 is 6.09 Å². The normalized spacial score (nSPS) is 9.38. The molecule has 1 rings (SSSR count). The number of hydrogen-bond donors (Lipinski definition) is 1. The number of methoxy groups -OCH3 is 1. The molecule has 3 nitrogen and oxygen atoms in total. The first kappa shape index (κ1) is 9.92. The SMILES string of the molecule is COC(=O)NSc1ccccc1C. The van der Waals surface area contributed by atoms with E-state index in [0.717, 1.165) is 10.5 Å². The van der Waals surface area contributed by atoms with E-state index in [0.29, 0.717) is 0 Å². The van der Waals surface area contributed by atoms with Crippen molar-refractivity contribution >= 4 is 18.0 Å². The maximum atomic E-state index is 10.7. The number of nitrogens with one attached hydrogen (secondary N) is 1. The molecule has 0 saturated carbocycles. The van der Waals surface area contributed by atoms with Crippen LogP contribution in [0.15, 0.2) is 29.2 Å². The van der Waals surface area contributed by atoms with Crippen molar-refractivity contribution in [2.45, 2.75) is 11.8 Å². The molecule has 0 aliphatic rings. The van der Waals surface area contributed by atoms with Crippen LogP contribution in [0.2, 0.25) is 0 Å². The summed E-state index contributed by atoms with van der Waals surface area (Å²) in [6, 6.07) is 7.81. The standard InChI is InChI=1S/C9H11NO2S/c1-7-5-3-4-6-8(7)13-10-9(11)12-2/h3-6H,1-2H3,(H,10,11). The van der Waals surface area contributed by atoms with Crippen LogP contribution in [0, 0.1) is 6.92 Å². The Hall–Kier alpha value is -1.16. The molecule has 0 heterocycles. The van der Waals surface area contributed by atoms with Crippen LogP contribution >= 0.6 is 11.9 Å². The minimum Gasteiger partial charge on any atom is -0.452 e. The molecule has 0 saturated heterocycles. The summed E-state index contributed by atoms with van der Waals surface area (Å²) in [7, 11) is 1.34. The molecular weight excluding hydrogens is 186 g/mol. The summed E-state index contributed by atoms with van der Waals surface area (Å²) < 4.78 is 6.99. The lowest BCUT2D eigenvalue weighted by Gasteiger charge is -2.04. The summed E-state index contributed by atoms with van der Waals surface area (Å²) in [6.45, 7) is 1.99. The van der Waals surface area contributed by atoms with Gasteiger partial charge in [-0.1, -0.05) is 18.2 Å². The van der Waals surface area contributed by atoms with Crippen LogP contribution < -0.4 is 4.72 Å². The number of amides is 1. The van der Waals surface area contributed by atoms with Gasteiger partial charge in [-0.05, 0) is 30.5 Å². The molecule has 1 aromatic carbocycles. The van der Waals surface area contributed by atoms with Gasteiger partial charge in [0.2, 0.25) is 0 Å². The third-order valence-corrected chi connectivity index (χ3v) is 2.47. The van der Waals surface area contributed by atoms with Crippen LogP contribution in [0.25, 0.3) is 0 Å². The summed E-state index contributed by atoms with van der Waals surface area (Å²) in [5, 5.41) is 0. The van der Waals surface area contributed by atoms with Crippen LogP contribution in [0.4, 0.5) is 4.79 Å². The fourth-order valence-electron chi connectivity index (χ4n) is 0.809. The van der Waals surface area contributed by atoms with E-state index in [2.05, 4.69) is 9.46 Å². The van der Waals surface area contributed by atoms with Gasteiger partial charge in [0.15, 0.2) is 0 Å². The molecule has 0 atom stereocenters. The quantitative estimate of drug-likeness (QED) is 0.740. The summed E-state index contributed by atoms with van der Waals surface area (Å²) in [4.78, 5) is 11.8. The Morgan fingerprint density at radius 1 is 1.46 bits per heavy atom. The van der Waals surface area contributed by atoms with E-state index in [9.17, 15) is 4.79 Å². The second kappa shape index (κ2) is 4.77. The van der Waals surface area contributed by atoms with Crippen molar-refractivity contribution in [3.8, 4) is 0 Å². The number of ether oxygens (including phenoxy) is 1. The molecule has 0 aliphatic heterocycles. The zero-order chi connectivity index (χ0) is 9.68. The Balaban J connectivity index is 2.54. The van der Waals surface area contributed by atoms with Crippen molar-refractivity contribution in [2.24, 2.45) is 0 Å². The van der Waals surface area contributed by atoms with Gasteiger partial charge in [-0.15, -0.1) is 0 Å². The lowest BCUT2D eigenvalue weighted by Crippen LogP contribution is -2.14. The first-order valence-electron chi connectivity index (χ1n) is 3.80. The van der Waals surface area contributed by atoms with E-state index in [1.807, 2.05) is 31.2 Å². The molecule has 0 bridgehead atoms. The van der Waals surface area contributed by atoms with Gasteiger partial charge in [-0.25, -0.2) is 4.79 Å². The largest absolute Gasteiger partial charge is 0.452 e. The van der Waals surface area contributed by atoms with Crippen molar-refractivity contribution in [1.29, 1.82) is 0 Å². The molecule has 70 valence electrons. The predicted octanol–water partition coefficient (Wildman–Crippen LogP) is 2.36. The summed E-state index contributed by atoms with van der Waals surface area (Å²) in [5.74, 6) is 0. The van der Waals surface area contributed by atoms with Gasteiger partial charge < -0.3 is 4.74 Å². The number of aryl methyl sites for hydroxylation is 1. The molecule has 0 fully saturated rings. The van der Waals surface area contributed by atoms with Crippen LogP contribution in [0.1, 0.15) is 5.56 Å². The highest BCUT2D eigenvalue weighted by molar-refractivity contribution is 7.98. The Morgan fingerprint density at radius 2 is 2.15 bits per heavy atom. The smallest absolute Gasteiger partial charge is 0.417 e. The van der Waals surface area contributed by atoms with Crippen LogP contribution in [-0.4, -0.2) is 13.2 Å². The summed E-state index contributed by atoms with van der Waals surface area (Å²) >= 11 is 1.26. The Morgan fingerprint density at radius 3 is 2.77 bits per heavy atom. The molecule has 0 aromatic heterocycles. The molecule has 0 spiro atoms. The zero-order valence-electron chi connectivity index (χ0n) is 7.53. The zero-order valence-corrected chi connectivity index (χ0v) is 8.35. The molecule has 0 radical (unpaired) electrons. The number of benzene rings is 1. The van der Waals surface area contributed by atoms with E-state index >= 15 is 0 Å². The van der Waals surface area contributed by atoms with Crippen LogP contribution in [-0.2, 0) is 4.74 Å². The predicted molar refractivity (Wildman–Crippen MR) is 52.6 cm³/mol. The molecule has 4 heteroatoms. The average molecular weight is 197 g/mol. The van der Waals surface area contributed by atoms with Crippen molar-refractivity contribution in [2.75, 3.05) is 7.11 Å². The van der Waals surface area contributed by atoms with Gasteiger partial charge in [-0.2, -0.15) is 0 Å². The molecule has 1 aromatic rings. The molecule has 0 aliphatic carbocycles. The van der Waals surface area contributed by atoms with Gasteiger partial charge in [0.25, 0.3) is 0 Å².